The van der Waals surface area contributed by atoms with Crippen LogP contribution in [0.25, 0.3) is 0 Å². The van der Waals surface area contributed by atoms with Gasteiger partial charge >= 0.3 is 0 Å². The largest absolute Gasteiger partial charge is 0.497 e. The summed E-state index contributed by atoms with van der Waals surface area (Å²) in [4.78, 5) is 0. The molecule has 1 saturated heterocycles. The second-order valence-corrected chi connectivity index (χ2v) is 4.36. The van der Waals surface area contributed by atoms with Gasteiger partial charge in [0.1, 0.15) is 11.6 Å². The van der Waals surface area contributed by atoms with E-state index >= 15 is 0 Å². The number of hydrogen-bond donors (Lipinski definition) is 2. The maximum atomic E-state index is 13.6. The second-order valence-electron chi connectivity index (χ2n) is 4.36. The van der Waals surface area contributed by atoms with Crippen molar-refractivity contribution in [2.24, 2.45) is 0 Å². The first-order valence-corrected chi connectivity index (χ1v) is 6.06. The molecule has 2 rings (SSSR count). The van der Waals surface area contributed by atoms with Crippen molar-refractivity contribution in [1.82, 2.24) is 10.6 Å². The summed E-state index contributed by atoms with van der Waals surface area (Å²) in [5.74, 6) is 0.528. The van der Waals surface area contributed by atoms with Crippen molar-refractivity contribution in [1.29, 1.82) is 0 Å². The van der Waals surface area contributed by atoms with Gasteiger partial charge in [-0.2, -0.15) is 0 Å². The summed E-state index contributed by atoms with van der Waals surface area (Å²) in [6.07, 6.45) is 2.21. The van der Waals surface area contributed by atoms with Gasteiger partial charge in [0.2, 0.25) is 0 Å². The molecule has 1 aliphatic rings. The van der Waals surface area contributed by atoms with E-state index in [9.17, 15) is 4.39 Å². The molecule has 0 atom stereocenters. The van der Waals surface area contributed by atoms with Crippen molar-refractivity contribution in [3.8, 4) is 5.75 Å². The van der Waals surface area contributed by atoms with Crippen LogP contribution in [0.15, 0.2) is 18.2 Å². The van der Waals surface area contributed by atoms with Crippen LogP contribution in [0.1, 0.15) is 18.4 Å². The first-order chi connectivity index (χ1) is 8.29. The molecule has 1 aromatic rings. The van der Waals surface area contributed by atoms with Crippen LogP contribution in [0.3, 0.4) is 0 Å². The molecule has 1 fully saturated rings. The van der Waals surface area contributed by atoms with Crippen molar-refractivity contribution in [3.63, 3.8) is 0 Å². The fraction of sp³-hybridized carbons (Fsp3) is 0.538. The van der Waals surface area contributed by atoms with E-state index in [1.165, 1.54) is 6.07 Å². The van der Waals surface area contributed by atoms with E-state index in [4.69, 9.17) is 4.74 Å². The lowest BCUT2D eigenvalue weighted by molar-refractivity contribution is 0.382. The number of rotatable bonds is 4. The Kier molecular flexibility index (Phi) is 9.10. The molecule has 0 bridgehead atoms. The van der Waals surface area contributed by atoms with Crippen LogP contribution in [0.2, 0.25) is 0 Å². The van der Waals surface area contributed by atoms with Crippen LogP contribution in [0, 0.1) is 5.82 Å². The Morgan fingerprint density at radius 2 is 2.00 bits per heavy atom. The van der Waals surface area contributed by atoms with E-state index < -0.39 is 0 Å². The van der Waals surface area contributed by atoms with Crippen molar-refractivity contribution >= 4 is 24.8 Å². The van der Waals surface area contributed by atoms with Crippen LogP contribution in [-0.2, 0) is 6.54 Å². The summed E-state index contributed by atoms with van der Waals surface area (Å²) in [7, 11) is 1.59. The fourth-order valence-corrected chi connectivity index (χ4v) is 2.09. The average Bonchev–Trinajstić information content (AvgIpc) is 2.39. The highest BCUT2D eigenvalue weighted by Gasteiger charge is 2.13. The maximum absolute atomic E-state index is 13.6. The lowest BCUT2D eigenvalue weighted by Crippen LogP contribution is -2.39. The molecule has 0 unspecified atom stereocenters. The quantitative estimate of drug-likeness (QED) is 0.896. The molecular weight excluding hydrogens is 290 g/mol. The highest BCUT2D eigenvalue weighted by atomic mass is 35.5. The topological polar surface area (TPSA) is 33.3 Å². The van der Waals surface area contributed by atoms with Crippen LogP contribution >= 0.6 is 24.8 Å². The summed E-state index contributed by atoms with van der Waals surface area (Å²) >= 11 is 0. The smallest absolute Gasteiger partial charge is 0.127 e. The van der Waals surface area contributed by atoms with Crippen molar-refractivity contribution in [2.45, 2.75) is 25.4 Å². The highest BCUT2D eigenvalue weighted by Crippen LogP contribution is 2.16. The van der Waals surface area contributed by atoms with Crippen LogP contribution in [0.4, 0.5) is 4.39 Å². The third-order valence-electron chi connectivity index (χ3n) is 3.17. The summed E-state index contributed by atoms with van der Waals surface area (Å²) in [5.41, 5.74) is 0.669. The molecule has 1 heterocycles. The molecule has 3 nitrogen and oxygen atoms in total. The summed E-state index contributed by atoms with van der Waals surface area (Å²) in [6, 6.07) is 5.34. The zero-order valence-electron chi connectivity index (χ0n) is 10.9. The summed E-state index contributed by atoms with van der Waals surface area (Å²) in [6.45, 7) is 2.64. The molecule has 0 aliphatic carbocycles. The molecule has 110 valence electrons. The number of halogens is 3. The van der Waals surface area contributed by atoms with Gasteiger partial charge in [0.25, 0.3) is 0 Å². The SMILES string of the molecule is COc1ccc(F)c(CNC2CCNCC2)c1.Cl.Cl. The predicted molar refractivity (Wildman–Crippen MR) is 80.2 cm³/mol. The summed E-state index contributed by atoms with van der Waals surface area (Å²) < 4.78 is 18.6. The van der Waals surface area contributed by atoms with Crippen LogP contribution in [0.5, 0.6) is 5.75 Å². The Bertz CT molecular complexity index is 374. The number of hydrogen-bond acceptors (Lipinski definition) is 3. The lowest BCUT2D eigenvalue weighted by atomic mass is 10.1. The van der Waals surface area contributed by atoms with E-state index in [-0.39, 0.29) is 30.6 Å². The van der Waals surface area contributed by atoms with E-state index in [1.807, 2.05) is 0 Å². The lowest BCUT2D eigenvalue weighted by Gasteiger charge is -2.24. The number of methoxy groups -OCH3 is 1. The zero-order chi connectivity index (χ0) is 12.1. The molecule has 0 spiro atoms. The molecule has 2 N–H and O–H groups in total. The van der Waals surface area contributed by atoms with Gasteiger partial charge in [0.15, 0.2) is 0 Å². The standard InChI is InChI=1S/C13H19FN2O.2ClH/c1-17-12-2-3-13(14)10(8-12)9-16-11-4-6-15-7-5-11;;/h2-3,8,11,15-16H,4-7,9H2,1H3;2*1H. The van der Waals surface area contributed by atoms with Gasteiger partial charge in [0, 0.05) is 18.2 Å². The molecule has 1 aromatic carbocycles. The summed E-state index contributed by atoms with van der Waals surface area (Å²) in [5, 5.41) is 6.70. The maximum Gasteiger partial charge on any atom is 0.127 e. The van der Waals surface area contributed by atoms with E-state index in [0.29, 0.717) is 23.9 Å². The monoisotopic (exact) mass is 310 g/mol. The Morgan fingerprint density at radius 1 is 1.32 bits per heavy atom. The zero-order valence-corrected chi connectivity index (χ0v) is 12.6. The van der Waals surface area contributed by atoms with Crippen molar-refractivity contribution in [3.05, 3.63) is 29.6 Å². The Morgan fingerprint density at radius 3 is 2.63 bits per heavy atom. The second kappa shape index (κ2) is 9.37. The molecule has 6 heteroatoms. The Hall–Kier alpha value is -0.550. The van der Waals surface area contributed by atoms with Crippen molar-refractivity contribution < 1.29 is 9.13 Å². The fourth-order valence-electron chi connectivity index (χ4n) is 2.09. The molecule has 1 aliphatic heterocycles. The Balaban J connectivity index is 0.00000162. The van der Waals surface area contributed by atoms with Gasteiger partial charge in [-0.1, -0.05) is 0 Å². The van der Waals surface area contributed by atoms with E-state index in [2.05, 4.69) is 10.6 Å². The highest BCUT2D eigenvalue weighted by molar-refractivity contribution is 5.85. The normalized spacial score (nSPS) is 15.3. The molecule has 0 amide bonds. The van der Waals surface area contributed by atoms with Gasteiger partial charge in [-0.3, -0.25) is 0 Å². The molecule has 0 saturated carbocycles. The first-order valence-electron chi connectivity index (χ1n) is 6.06. The van der Waals surface area contributed by atoms with Crippen LogP contribution in [-0.4, -0.2) is 26.2 Å². The molecule has 0 aromatic heterocycles. The number of ether oxygens (including phenoxy) is 1. The van der Waals surface area contributed by atoms with Gasteiger partial charge < -0.3 is 15.4 Å². The average molecular weight is 311 g/mol. The molecular formula is C13H21Cl2FN2O. The first kappa shape index (κ1) is 18.4. The number of benzene rings is 1. The minimum absolute atomic E-state index is 0. The number of nitrogens with one attached hydrogen (secondary N) is 2. The van der Waals surface area contributed by atoms with E-state index in [0.717, 1.165) is 25.9 Å². The third-order valence-corrected chi connectivity index (χ3v) is 3.17. The van der Waals surface area contributed by atoms with Gasteiger partial charge in [-0.15, -0.1) is 24.8 Å². The minimum atomic E-state index is -0.174. The molecule has 0 radical (unpaired) electrons. The number of piperidine rings is 1. The third kappa shape index (κ3) is 5.53. The van der Waals surface area contributed by atoms with Gasteiger partial charge in [0.05, 0.1) is 7.11 Å². The van der Waals surface area contributed by atoms with Crippen molar-refractivity contribution in [2.75, 3.05) is 20.2 Å². The van der Waals surface area contributed by atoms with Crippen LogP contribution < -0.4 is 15.4 Å². The van der Waals surface area contributed by atoms with E-state index in [1.54, 1.807) is 19.2 Å². The van der Waals surface area contributed by atoms with Gasteiger partial charge in [-0.25, -0.2) is 4.39 Å². The molecule has 19 heavy (non-hydrogen) atoms. The minimum Gasteiger partial charge on any atom is -0.497 e. The Labute approximate surface area is 126 Å². The van der Waals surface area contributed by atoms with Gasteiger partial charge in [-0.05, 0) is 44.1 Å². The predicted octanol–water partition coefficient (Wildman–Crippen LogP) is 2.52.